The van der Waals surface area contributed by atoms with Gasteiger partial charge in [-0.15, -0.1) is 0 Å². The lowest BCUT2D eigenvalue weighted by Gasteiger charge is -2.26. The van der Waals surface area contributed by atoms with E-state index in [2.05, 4.69) is 5.32 Å². The van der Waals surface area contributed by atoms with E-state index in [0.717, 1.165) is 0 Å². The molecule has 2 aliphatic heterocycles. The molecule has 1 unspecified atom stereocenters. The van der Waals surface area contributed by atoms with E-state index in [1.165, 1.54) is 35.6 Å². The number of rotatable bonds is 7. The summed E-state index contributed by atoms with van der Waals surface area (Å²) in [5, 5.41) is 2.76. The molecule has 2 fully saturated rings. The van der Waals surface area contributed by atoms with Gasteiger partial charge in [-0.3, -0.25) is 9.59 Å². The summed E-state index contributed by atoms with van der Waals surface area (Å²) in [6, 6.07) is 11.3. The molecule has 2 heterocycles. The van der Waals surface area contributed by atoms with E-state index in [1.54, 1.807) is 30.3 Å². The lowest BCUT2D eigenvalue weighted by Crippen LogP contribution is -2.40. The molecule has 2 aromatic carbocycles. The van der Waals surface area contributed by atoms with Crippen molar-refractivity contribution in [3.63, 3.8) is 0 Å². The molecule has 4 rings (SSSR count). The van der Waals surface area contributed by atoms with Gasteiger partial charge in [-0.1, -0.05) is 6.07 Å². The van der Waals surface area contributed by atoms with Crippen molar-refractivity contribution in [2.75, 3.05) is 57.3 Å². The predicted molar refractivity (Wildman–Crippen MR) is 125 cm³/mol. The van der Waals surface area contributed by atoms with Crippen molar-refractivity contribution in [2.24, 2.45) is 5.92 Å². The number of nitrogens with one attached hydrogen (secondary N) is 1. The molecular weight excluding hydrogens is 462 g/mol. The number of sulfonamides is 1. The average Bonchev–Trinajstić information content (AvgIpc) is 3.26. The summed E-state index contributed by atoms with van der Waals surface area (Å²) in [7, 11) is -0.657. The first-order chi connectivity index (χ1) is 16.3. The fraction of sp³-hybridized carbons (Fsp3) is 0.391. The second kappa shape index (κ2) is 10.00. The van der Waals surface area contributed by atoms with Crippen LogP contribution in [0, 0.1) is 5.92 Å². The van der Waals surface area contributed by atoms with Gasteiger partial charge in [0, 0.05) is 37.8 Å². The van der Waals surface area contributed by atoms with Gasteiger partial charge in [-0.25, -0.2) is 8.42 Å². The van der Waals surface area contributed by atoms with Crippen LogP contribution in [-0.2, 0) is 24.3 Å². The Bertz CT molecular complexity index is 1180. The van der Waals surface area contributed by atoms with E-state index < -0.39 is 15.9 Å². The number of benzene rings is 2. The summed E-state index contributed by atoms with van der Waals surface area (Å²) < 4.78 is 43.1. The third-order valence-corrected chi connectivity index (χ3v) is 7.78. The Labute approximate surface area is 198 Å². The van der Waals surface area contributed by atoms with Crippen molar-refractivity contribution in [1.82, 2.24) is 4.31 Å². The highest BCUT2D eigenvalue weighted by atomic mass is 32.2. The second-order valence-electron chi connectivity index (χ2n) is 7.98. The van der Waals surface area contributed by atoms with Crippen LogP contribution in [0.5, 0.6) is 11.5 Å². The van der Waals surface area contributed by atoms with Crippen molar-refractivity contribution >= 4 is 33.2 Å². The summed E-state index contributed by atoms with van der Waals surface area (Å²) in [5.74, 6) is -0.122. The smallest absolute Gasteiger partial charge is 0.243 e. The molecule has 10 nitrogen and oxygen atoms in total. The van der Waals surface area contributed by atoms with Gasteiger partial charge in [0.1, 0.15) is 11.5 Å². The largest absolute Gasteiger partial charge is 0.497 e. The van der Waals surface area contributed by atoms with Gasteiger partial charge in [-0.2, -0.15) is 4.31 Å². The zero-order valence-electron chi connectivity index (χ0n) is 19.0. The fourth-order valence-corrected chi connectivity index (χ4v) is 5.49. The molecule has 2 saturated heterocycles. The van der Waals surface area contributed by atoms with E-state index in [9.17, 15) is 18.0 Å². The molecule has 0 aromatic heterocycles. The molecule has 1 N–H and O–H groups in total. The Morgan fingerprint density at radius 2 is 1.85 bits per heavy atom. The van der Waals surface area contributed by atoms with Crippen LogP contribution in [0.1, 0.15) is 6.42 Å². The summed E-state index contributed by atoms with van der Waals surface area (Å²) in [6.07, 6.45) is 0.0258. The van der Waals surface area contributed by atoms with E-state index >= 15 is 0 Å². The molecule has 2 aliphatic rings. The highest BCUT2D eigenvalue weighted by Crippen LogP contribution is 2.36. The highest BCUT2D eigenvalue weighted by Gasteiger charge is 2.36. The maximum Gasteiger partial charge on any atom is 0.243 e. The lowest BCUT2D eigenvalue weighted by atomic mass is 10.1. The Kier molecular flexibility index (Phi) is 7.05. The minimum Gasteiger partial charge on any atom is -0.497 e. The minimum absolute atomic E-state index is 0.0258. The topological polar surface area (TPSA) is 114 Å². The maximum absolute atomic E-state index is 13.0. The lowest BCUT2D eigenvalue weighted by molar-refractivity contribution is -0.122. The zero-order chi connectivity index (χ0) is 24.3. The summed E-state index contributed by atoms with van der Waals surface area (Å²) >= 11 is 0. The number of carbonyl (C=O) groups is 2. The summed E-state index contributed by atoms with van der Waals surface area (Å²) in [5.41, 5.74) is 0.880. The van der Waals surface area contributed by atoms with E-state index in [0.29, 0.717) is 36.1 Å². The predicted octanol–water partition coefficient (Wildman–Crippen LogP) is 1.72. The van der Waals surface area contributed by atoms with Gasteiger partial charge in [-0.05, 0) is 30.3 Å². The van der Waals surface area contributed by atoms with Gasteiger partial charge < -0.3 is 24.4 Å². The van der Waals surface area contributed by atoms with Crippen molar-refractivity contribution in [2.45, 2.75) is 11.3 Å². The van der Waals surface area contributed by atoms with Gasteiger partial charge >= 0.3 is 0 Å². The molecule has 1 atom stereocenters. The molecular formula is C23H27N3O7S. The summed E-state index contributed by atoms with van der Waals surface area (Å²) in [6.45, 7) is 1.43. The molecule has 2 aromatic rings. The number of methoxy groups -OCH3 is 2. The molecule has 182 valence electrons. The first kappa shape index (κ1) is 24.0. The third kappa shape index (κ3) is 4.86. The Morgan fingerprint density at radius 3 is 2.56 bits per heavy atom. The first-order valence-electron chi connectivity index (χ1n) is 10.8. The van der Waals surface area contributed by atoms with Gasteiger partial charge in [0.05, 0.1) is 43.9 Å². The molecule has 0 saturated carbocycles. The third-order valence-electron chi connectivity index (χ3n) is 5.88. The van der Waals surface area contributed by atoms with Gasteiger partial charge in [0.2, 0.25) is 21.8 Å². The standard InChI is InChI=1S/C23H27N3O7S/c1-31-18-6-7-21(32-2)20(14-18)26-15-16(12-22(26)27)23(28)24-17-4-3-5-19(13-17)34(29,30)25-8-10-33-11-9-25/h3-7,13-14,16H,8-12,15H2,1-2H3,(H,24,28). The van der Waals surface area contributed by atoms with Crippen molar-refractivity contribution in [3.05, 3.63) is 42.5 Å². The number of nitrogens with zero attached hydrogens (tertiary/aromatic N) is 2. The number of morpholine rings is 1. The Balaban J connectivity index is 1.48. The number of anilines is 2. The van der Waals surface area contributed by atoms with Crippen LogP contribution in [0.2, 0.25) is 0 Å². The van der Waals surface area contributed by atoms with Crippen LogP contribution >= 0.6 is 0 Å². The summed E-state index contributed by atoms with van der Waals surface area (Å²) in [4.78, 5) is 27.3. The van der Waals surface area contributed by atoms with E-state index in [4.69, 9.17) is 14.2 Å². The molecule has 11 heteroatoms. The van der Waals surface area contributed by atoms with E-state index in [1.807, 2.05) is 0 Å². The molecule has 0 spiro atoms. The first-order valence-corrected chi connectivity index (χ1v) is 12.3. The fourth-order valence-electron chi connectivity index (χ4n) is 4.04. The number of hydrogen-bond donors (Lipinski definition) is 1. The van der Waals surface area contributed by atoms with Crippen LogP contribution in [0.4, 0.5) is 11.4 Å². The van der Waals surface area contributed by atoms with Gasteiger partial charge in [0.15, 0.2) is 0 Å². The van der Waals surface area contributed by atoms with Crippen LogP contribution < -0.4 is 19.7 Å². The molecule has 34 heavy (non-hydrogen) atoms. The monoisotopic (exact) mass is 489 g/mol. The molecule has 0 bridgehead atoms. The van der Waals surface area contributed by atoms with Crippen LogP contribution in [0.25, 0.3) is 0 Å². The van der Waals surface area contributed by atoms with Crippen LogP contribution in [0.15, 0.2) is 47.4 Å². The average molecular weight is 490 g/mol. The van der Waals surface area contributed by atoms with Crippen molar-refractivity contribution < 1.29 is 32.2 Å². The zero-order valence-corrected chi connectivity index (χ0v) is 19.8. The minimum atomic E-state index is -3.69. The normalized spacial score (nSPS) is 19.2. The van der Waals surface area contributed by atoms with Crippen LogP contribution in [0.3, 0.4) is 0 Å². The Morgan fingerprint density at radius 1 is 1.09 bits per heavy atom. The van der Waals surface area contributed by atoms with Crippen LogP contribution in [-0.4, -0.2) is 71.6 Å². The van der Waals surface area contributed by atoms with Crippen molar-refractivity contribution in [1.29, 1.82) is 0 Å². The highest BCUT2D eigenvalue weighted by molar-refractivity contribution is 7.89. The number of carbonyl (C=O) groups excluding carboxylic acids is 2. The quantitative estimate of drug-likeness (QED) is 0.630. The number of hydrogen-bond acceptors (Lipinski definition) is 7. The Hall–Kier alpha value is -3.15. The number of amides is 2. The van der Waals surface area contributed by atoms with E-state index in [-0.39, 0.29) is 42.8 Å². The SMILES string of the molecule is COc1ccc(OC)c(N2CC(C(=O)Nc3cccc(S(=O)(=O)N4CCOCC4)c3)CC2=O)c1. The number of ether oxygens (including phenoxy) is 3. The second-order valence-corrected chi connectivity index (χ2v) is 9.91. The molecule has 0 radical (unpaired) electrons. The van der Waals surface area contributed by atoms with Crippen molar-refractivity contribution in [3.8, 4) is 11.5 Å². The maximum atomic E-state index is 13.0. The molecule has 2 amide bonds. The molecule has 0 aliphatic carbocycles. The van der Waals surface area contributed by atoms with Gasteiger partial charge in [0.25, 0.3) is 0 Å².